The predicted molar refractivity (Wildman–Crippen MR) is 65.0 cm³/mol. The zero-order valence-corrected chi connectivity index (χ0v) is 12.9. The molecule has 0 saturated carbocycles. The summed E-state index contributed by atoms with van der Waals surface area (Å²) in [4.78, 5) is 22.6. The van der Waals surface area contributed by atoms with Crippen molar-refractivity contribution in [2.45, 2.75) is 24.5 Å². The molecule has 92 valence electrons. The fourth-order valence-corrected chi connectivity index (χ4v) is 6.09. The van der Waals surface area contributed by atoms with Gasteiger partial charge in [0.2, 0.25) is 0 Å². The molecular formula is C10H16O4Se2. The van der Waals surface area contributed by atoms with E-state index in [1.165, 1.54) is 0 Å². The minimum absolute atomic E-state index is 0.454. The van der Waals surface area contributed by atoms with Gasteiger partial charge in [-0.2, -0.15) is 0 Å². The van der Waals surface area contributed by atoms with Crippen molar-refractivity contribution in [3.05, 3.63) is 25.3 Å². The van der Waals surface area contributed by atoms with Gasteiger partial charge in [-0.05, 0) is 0 Å². The van der Waals surface area contributed by atoms with Gasteiger partial charge in [-0.3, -0.25) is 0 Å². The van der Waals surface area contributed by atoms with Crippen LogP contribution in [0.5, 0.6) is 0 Å². The molecule has 0 saturated heterocycles. The number of hydrogen-bond donors (Lipinski definition) is 0. The van der Waals surface area contributed by atoms with E-state index in [0.717, 1.165) is 12.2 Å². The molecule has 0 bridgehead atoms. The van der Waals surface area contributed by atoms with Crippen LogP contribution >= 0.6 is 0 Å². The van der Waals surface area contributed by atoms with E-state index in [-0.39, 0.29) is 0 Å². The second-order valence-electron chi connectivity index (χ2n) is 2.91. The van der Waals surface area contributed by atoms with E-state index < -0.39 is 22.0 Å². The van der Waals surface area contributed by atoms with Crippen LogP contribution in [0.2, 0.25) is 10.6 Å². The molecule has 0 spiro atoms. The molecule has 0 fully saturated rings. The van der Waals surface area contributed by atoms with E-state index in [0.29, 0.717) is 10.6 Å². The van der Waals surface area contributed by atoms with Gasteiger partial charge in [0.1, 0.15) is 0 Å². The molecule has 0 aromatic rings. The topological polar surface area (TPSA) is 52.6 Å². The zero-order valence-electron chi connectivity index (χ0n) is 9.43. The Balaban J connectivity index is 5.26. The van der Waals surface area contributed by atoms with Crippen molar-refractivity contribution in [1.82, 2.24) is 0 Å². The molecule has 0 aliphatic rings. The molecule has 0 radical (unpaired) electrons. The first kappa shape index (κ1) is 15.5. The molecule has 16 heavy (non-hydrogen) atoms. The van der Waals surface area contributed by atoms with Crippen LogP contribution in [0.1, 0.15) is 13.8 Å². The van der Waals surface area contributed by atoms with Crippen LogP contribution < -0.4 is 0 Å². The first-order chi connectivity index (χ1) is 7.33. The average Bonchev–Trinajstić information content (AvgIpc) is 2.29. The minimum atomic E-state index is -3.79. The first-order valence-corrected chi connectivity index (χ1v) is 12.9. The van der Waals surface area contributed by atoms with Gasteiger partial charge in [-0.15, -0.1) is 0 Å². The van der Waals surface area contributed by atoms with Crippen molar-refractivity contribution in [3.63, 3.8) is 0 Å². The van der Waals surface area contributed by atoms with Crippen LogP contribution in [-0.2, 0) is 17.2 Å². The van der Waals surface area contributed by atoms with Gasteiger partial charge >= 0.3 is 103 Å². The molecule has 0 aliphatic heterocycles. The van der Waals surface area contributed by atoms with Gasteiger partial charge in [-0.1, -0.05) is 0 Å². The van der Waals surface area contributed by atoms with Crippen LogP contribution in [0, 0.1) is 0 Å². The number of carbonyl (C=O) groups is 2. The summed E-state index contributed by atoms with van der Waals surface area (Å²) in [5.41, 5.74) is 0. The summed E-state index contributed by atoms with van der Waals surface area (Å²) < 4.78 is 10.6. The van der Waals surface area contributed by atoms with E-state index >= 15 is 0 Å². The van der Waals surface area contributed by atoms with E-state index in [1.54, 1.807) is 0 Å². The summed E-state index contributed by atoms with van der Waals surface area (Å²) in [6, 6.07) is 0. The number of hydrogen-bond acceptors (Lipinski definition) is 4. The van der Waals surface area contributed by atoms with Crippen LogP contribution in [0.15, 0.2) is 25.3 Å². The van der Waals surface area contributed by atoms with Crippen molar-refractivity contribution in [2.24, 2.45) is 0 Å². The quantitative estimate of drug-likeness (QED) is 0.534. The van der Waals surface area contributed by atoms with E-state index in [4.69, 9.17) is 7.64 Å². The molecular weight excluding hydrogens is 342 g/mol. The Morgan fingerprint density at radius 2 is 1.44 bits per heavy atom. The fraction of sp³-hybridized carbons (Fsp3) is 0.400. The summed E-state index contributed by atoms with van der Waals surface area (Å²) in [5.74, 6) is -1.17. The summed E-state index contributed by atoms with van der Waals surface area (Å²) in [6.07, 6.45) is 2.11. The van der Waals surface area contributed by atoms with Crippen molar-refractivity contribution in [1.29, 1.82) is 0 Å². The molecule has 0 aliphatic carbocycles. The Kier molecular flexibility index (Phi) is 5.50. The molecule has 0 aromatic heterocycles. The molecule has 4 nitrogen and oxygen atoms in total. The molecule has 0 amide bonds. The Morgan fingerprint density at radius 3 is 1.62 bits per heavy atom. The summed E-state index contributed by atoms with van der Waals surface area (Å²) in [6.45, 7) is 10.3. The maximum atomic E-state index is 11.3. The van der Waals surface area contributed by atoms with Crippen LogP contribution in [0.3, 0.4) is 0 Å². The summed E-state index contributed by atoms with van der Waals surface area (Å²) in [7, 11) is -3.79. The van der Waals surface area contributed by atoms with Gasteiger partial charge in [0.15, 0.2) is 0 Å². The van der Waals surface area contributed by atoms with Crippen LogP contribution in [0.4, 0.5) is 0 Å². The normalized spacial score (nSPS) is 13.0. The maximum absolute atomic E-state index is 11.3. The van der Waals surface area contributed by atoms with Crippen LogP contribution in [-0.4, -0.2) is 35.7 Å². The molecule has 0 atom stereocenters. The Hall–Kier alpha value is -0.541. The Morgan fingerprint density at radius 1 is 1.12 bits per heavy atom. The fourth-order valence-electron chi connectivity index (χ4n) is 0.891. The molecule has 0 unspecified atom stereocenters. The van der Waals surface area contributed by atoms with Gasteiger partial charge in [0, 0.05) is 0 Å². The van der Waals surface area contributed by atoms with Crippen LogP contribution in [0.25, 0.3) is 0 Å². The molecule has 0 N–H and O–H groups in total. The standard InChI is InChI=1S/C10H16O4Se2/c1-5-9(11)13-16(15,7-3,8-4)14-10(12)6-2/h5-6H,1-2,7-8H2,3-4H3. The van der Waals surface area contributed by atoms with Gasteiger partial charge < -0.3 is 0 Å². The van der Waals surface area contributed by atoms with Crippen molar-refractivity contribution < 1.29 is 17.2 Å². The third-order valence-corrected chi connectivity index (χ3v) is 15.5. The molecule has 0 aromatic carbocycles. The van der Waals surface area contributed by atoms with E-state index in [2.05, 4.69) is 26.8 Å². The second kappa shape index (κ2) is 5.69. The third kappa shape index (κ3) is 3.80. The Labute approximate surface area is 103 Å². The van der Waals surface area contributed by atoms with Gasteiger partial charge in [-0.25, -0.2) is 0 Å². The summed E-state index contributed by atoms with van der Waals surface area (Å²) >= 11 is 2.82. The second-order valence-corrected chi connectivity index (χ2v) is 18.8. The van der Waals surface area contributed by atoms with E-state index in [1.807, 2.05) is 13.8 Å². The number of rotatable bonds is 6. The SMILES string of the molecule is C=CC(=O)O[Se](=[Se])(CC)(CC)OC(=O)C=C. The van der Waals surface area contributed by atoms with Crippen molar-refractivity contribution in [3.8, 4) is 0 Å². The molecule has 0 rings (SSSR count). The average molecular weight is 358 g/mol. The third-order valence-electron chi connectivity index (χ3n) is 1.98. The Bertz CT molecular complexity index is 348. The van der Waals surface area contributed by atoms with E-state index in [9.17, 15) is 9.59 Å². The van der Waals surface area contributed by atoms with Gasteiger partial charge in [0.05, 0.1) is 0 Å². The van der Waals surface area contributed by atoms with Gasteiger partial charge in [0.25, 0.3) is 0 Å². The predicted octanol–water partition coefficient (Wildman–Crippen LogP) is 1.55. The molecule has 6 heteroatoms. The number of carbonyl (C=O) groups excluding carboxylic acids is 2. The first-order valence-electron chi connectivity index (χ1n) is 4.70. The molecule has 0 heterocycles. The van der Waals surface area contributed by atoms with Crippen molar-refractivity contribution >= 4 is 35.7 Å². The summed E-state index contributed by atoms with van der Waals surface area (Å²) in [5, 5.41) is 0.908. The zero-order chi connectivity index (χ0) is 12.8. The monoisotopic (exact) mass is 360 g/mol. The van der Waals surface area contributed by atoms with Crippen molar-refractivity contribution in [2.75, 3.05) is 0 Å².